The first kappa shape index (κ1) is 14.2. The Kier molecular flexibility index (Phi) is 6.30. The molecular weight excluding hydrogens is 206 g/mol. The first-order valence-electron chi connectivity index (χ1n) is 5.05. The third kappa shape index (κ3) is 3.69. The topological polar surface area (TPSA) is 26.0 Å². The predicted octanol–water partition coefficient (Wildman–Crippen LogP) is 3.51. The average Bonchev–Trinajstić information content (AvgIpc) is 2.20. The molecule has 0 saturated heterocycles. The van der Waals surface area contributed by atoms with Crippen molar-refractivity contribution in [3.63, 3.8) is 0 Å². The Morgan fingerprint density at radius 1 is 1.13 bits per heavy atom. The Labute approximate surface area is 98.8 Å². The van der Waals surface area contributed by atoms with E-state index in [4.69, 9.17) is 5.73 Å². The third-order valence-corrected chi connectivity index (χ3v) is 2.75. The number of allylic oxidation sites excluding steroid dienone is 1. The maximum absolute atomic E-state index is 5.81. The number of halogens is 1. The minimum absolute atomic E-state index is 0. The van der Waals surface area contributed by atoms with Gasteiger partial charge in [-0.05, 0) is 26.3 Å². The van der Waals surface area contributed by atoms with Crippen LogP contribution < -0.4 is 5.73 Å². The molecule has 1 atom stereocenters. The molecule has 0 heterocycles. The summed E-state index contributed by atoms with van der Waals surface area (Å²) in [5.41, 5.74) is 9.88. The minimum atomic E-state index is 0. The first-order valence-corrected chi connectivity index (χ1v) is 5.05. The highest BCUT2D eigenvalue weighted by atomic mass is 35.5. The summed E-state index contributed by atoms with van der Waals surface area (Å²) in [6.07, 6.45) is 0. The molecule has 0 radical (unpaired) electrons. The molecular formula is C13H20ClN. The Hall–Kier alpha value is -0.790. The number of hydrogen-bond donors (Lipinski definition) is 1. The Balaban J connectivity index is 0.00000196. The van der Waals surface area contributed by atoms with E-state index in [1.807, 2.05) is 6.07 Å². The van der Waals surface area contributed by atoms with Crippen molar-refractivity contribution in [1.29, 1.82) is 0 Å². The SMILES string of the molecule is CC(C)=C(C)C(CN)c1ccccc1.Cl. The standard InChI is InChI=1S/C13H19N.ClH/c1-10(2)11(3)13(9-14)12-7-5-4-6-8-12;/h4-8,13H,9,14H2,1-3H3;1H. The molecule has 84 valence electrons. The Bertz CT molecular complexity index is 313. The van der Waals surface area contributed by atoms with Crippen molar-refractivity contribution in [2.45, 2.75) is 26.7 Å². The lowest BCUT2D eigenvalue weighted by Gasteiger charge is -2.17. The van der Waals surface area contributed by atoms with Crippen molar-refractivity contribution in [2.75, 3.05) is 6.54 Å². The van der Waals surface area contributed by atoms with Crippen LogP contribution in [-0.4, -0.2) is 6.54 Å². The molecule has 15 heavy (non-hydrogen) atoms. The van der Waals surface area contributed by atoms with E-state index in [1.54, 1.807) is 0 Å². The summed E-state index contributed by atoms with van der Waals surface area (Å²) >= 11 is 0. The van der Waals surface area contributed by atoms with E-state index >= 15 is 0 Å². The molecule has 0 amide bonds. The normalized spacial score (nSPS) is 11.5. The lowest BCUT2D eigenvalue weighted by atomic mass is 9.90. The third-order valence-electron chi connectivity index (χ3n) is 2.75. The second kappa shape index (κ2) is 6.65. The number of rotatable bonds is 3. The smallest absolute Gasteiger partial charge is 0.0171 e. The summed E-state index contributed by atoms with van der Waals surface area (Å²) in [6, 6.07) is 10.5. The first-order chi connectivity index (χ1) is 6.66. The zero-order valence-electron chi connectivity index (χ0n) is 9.66. The molecule has 1 nitrogen and oxygen atoms in total. The highest BCUT2D eigenvalue weighted by molar-refractivity contribution is 5.85. The average molecular weight is 226 g/mol. The van der Waals surface area contributed by atoms with E-state index in [9.17, 15) is 0 Å². The lowest BCUT2D eigenvalue weighted by Crippen LogP contribution is -2.14. The summed E-state index contributed by atoms with van der Waals surface area (Å²) in [6.45, 7) is 7.13. The molecule has 1 aromatic carbocycles. The van der Waals surface area contributed by atoms with Gasteiger partial charge in [-0.25, -0.2) is 0 Å². The van der Waals surface area contributed by atoms with Gasteiger partial charge in [0.25, 0.3) is 0 Å². The van der Waals surface area contributed by atoms with Gasteiger partial charge in [0, 0.05) is 12.5 Å². The summed E-state index contributed by atoms with van der Waals surface area (Å²) < 4.78 is 0. The van der Waals surface area contributed by atoms with Crippen LogP contribution in [0.4, 0.5) is 0 Å². The van der Waals surface area contributed by atoms with Gasteiger partial charge >= 0.3 is 0 Å². The maximum atomic E-state index is 5.81. The molecule has 0 fully saturated rings. The molecule has 0 bridgehead atoms. The fourth-order valence-electron chi connectivity index (χ4n) is 1.60. The van der Waals surface area contributed by atoms with Crippen LogP contribution in [0, 0.1) is 0 Å². The summed E-state index contributed by atoms with van der Waals surface area (Å²) in [5.74, 6) is 0.376. The molecule has 2 N–H and O–H groups in total. The van der Waals surface area contributed by atoms with Gasteiger partial charge in [0.1, 0.15) is 0 Å². The van der Waals surface area contributed by atoms with E-state index in [2.05, 4.69) is 45.0 Å². The van der Waals surface area contributed by atoms with Crippen LogP contribution in [0.15, 0.2) is 41.5 Å². The fraction of sp³-hybridized carbons (Fsp3) is 0.385. The van der Waals surface area contributed by atoms with Crippen LogP contribution in [-0.2, 0) is 0 Å². The molecule has 2 heteroatoms. The highest BCUT2D eigenvalue weighted by Crippen LogP contribution is 2.24. The predicted molar refractivity (Wildman–Crippen MR) is 69.5 cm³/mol. The van der Waals surface area contributed by atoms with E-state index in [0.29, 0.717) is 12.5 Å². The molecule has 1 unspecified atom stereocenters. The number of benzene rings is 1. The zero-order valence-corrected chi connectivity index (χ0v) is 10.5. The molecule has 0 aliphatic rings. The van der Waals surface area contributed by atoms with Crippen LogP contribution in [0.5, 0.6) is 0 Å². The number of hydrogen-bond acceptors (Lipinski definition) is 1. The molecule has 1 rings (SSSR count). The van der Waals surface area contributed by atoms with Crippen LogP contribution in [0.1, 0.15) is 32.3 Å². The van der Waals surface area contributed by atoms with Gasteiger partial charge in [-0.2, -0.15) is 0 Å². The summed E-state index contributed by atoms with van der Waals surface area (Å²) in [4.78, 5) is 0. The van der Waals surface area contributed by atoms with Crippen LogP contribution in [0.3, 0.4) is 0 Å². The van der Waals surface area contributed by atoms with Crippen LogP contribution in [0.2, 0.25) is 0 Å². The zero-order chi connectivity index (χ0) is 10.6. The van der Waals surface area contributed by atoms with Crippen molar-refractivity contribution in [2.24, 2.45) is 5.73 Å². The van der Waals surface area contributed by atoms with Crippen molar-refractivity contribution in [1.82, 2.24) is 0 Å². The van der Waals surface area contributed by atoms with Gasteiger partial charge in [0.2, 0.25) is 0 Å². The second-order valence-electron chi connectivity index (χ2n) is 3.88. The van der Waals surface area contributed by atoms with Gasteiger partial charge in [-0.15, -0.1) is 12.4 Å². The fourth-order valence-corrected chi connectivity index (χ4v) is 1.60. The Morgan fingerprint density at radius 3 is 2.07 bits per heavy atom. The summed E-state index contributed by atoms with van der Waals surface area (Å²) in [5, 5.41) is 0. The van der Waals surface area contributed by atoms with E-state index < -0.39 is 0 Å². The van der Waals surface area contributed by atoms with Crippen molar-refractivity contribution in [3.8, 4) is 0 Å². The van der Waals surface area contributed by atoms with Gasteiger partial charge in [-0.1, -0.05) is 41.5 Å². The van der Waals surface area contributed by atoms with Crippen molar-refractivity contribution < 1.29 is 0 Å². The molecule has 0 spiro atoms. The van der Waals surface area contributed by atoms with Crippen LogP contribution in [0.25, 0.3) is 0 Å². The Morgan fingerprint density at radius 2 is 1.67 bits per heavy atom. The molecule has 1 aromatic rings. The second-order valence-corrected chi connectivity index (χ2v) is 3.88. The van der Waals surface area contributed by atoms with E-state index in [-0.39, 0.29) is 12.4 Å². The highest BCUT2D eigenvalue weighted by Gasteiger charge is 2.11. The monoisotopic (exact) mass is 225 g/mol. The van der Waals surface area contributed by atoms with Gasteiger partial charge in [-0.3, -0.25) is 0 Å². The van der Waals surface area contributed by atoms with Gasteiger partial charge in [0.05, 0.1) is 0 Å². The van der Waals surface area contributed by atoms with E-state index in [0.717, 1.165) is 0 Å². The molecule has 0 aromatic heterocycles. The molecule has 0 aliphatic heterocycles. The summed E-state index contributed by atoms with van der Waals surface area (Å²) in [7, 11) is 0. The number of nitrogens with two attached hydrogens (primary N) is 1. The minimum Gasteiger partial charge on any atom is -0.330 e. The van der Waals surface area contributed by atoms with E-state index in [1.165, 1.54) is 16.7 Å². The van der Waals surface area contributed by atoms with Crippen molar-refractivity contribution >= 4 is 12.4 Å². The molecule has 0 saturated carbocycles. The maximum Gasteiger partial charge on any atom is 0.0171 e. The van der Waals surface area contributed by atoms with Crippen LogP contribution >= 0.6 is 12.4 Å². The quantitative estimate of drug-likeness (QED) is 0.783. The van der Waals surface area contributed by atoms with Gasteiger partial charge in [0.15, 0.2) is 0 Å². The lowest BCUT2D eigenvalue weighted by molar-refractivity contribution is 0.788. The van der Waals surface area contributed by atoms with Gasteiger partial charge < -0.3 is 5.73 Å². The molecule has 0 aliphatic carbocycles. The largest absolute Gasteiger partial charge is 0.330 e. The van der Waals surface area contributed by atoms with Crippen molar-refractivity contribution in [3.05, 3.63) is 47.0 Å².